The van der Waals surface area contributed by atoms with Crippen molar-refractivity contribution in [3.63, 3.8) is 0 Å². The van der Waals surface area contributed by atoms with E-state index in [1.54, 1.807) is 10.3 Å². The third-order valence-corrected chi connectivity index (χ3v) is 4.97. The Hall–Kier alpha value is -2.28. The number of ether oxygens (including phenoxy) is 1. The maximum absolute atomic E-state index is 13.0. The van der Waals surface area contributed by atoms with Crippen molar-refractivity contribution < 1.29 is 18.7 Å². The Morgan fingerprint density at radius 2 is 1.96 bits per heavy atom. The molecule has 0 radical (unpaired) electrons. The molecule has 1 atom stereocenters. The molecule has 1 aromatic carbocycles. The molecule has 1 aromatic heterocycles. The third kappa shape index (κ3) is 4.09. The molecule has 1 fully saturated rings. The van der Waals surface area contributed by atoms with Crippen LogP contribution < -0.4 is 0 Å². The van der Waals surface area contributed by atoms with E-state index in [1.165, 1.54) is 35.6 Å². The first-order valence-corrected chi connectivity index (χ1v) is 9.38. The van der Waals surface area contributed by atoms with E-state index in [2.05, 4.69) is 4.98 Å². The molecule has 2 heterocycles. The Labute approximate surface area is 155 Å². The average molecular weight is 376 g/mol. The molecule has 0 bridgehead atoms. The van der Waals surface area contributed by atoms with Gasteiger partial charge in [0.15, 0.2) is 0 Å². The standard InChI is InChI=1S/C19H21FN2O3S/c1-19(2,3)25-18(24)22-10-4-5-15(22)17-21-14(11-26-17)16(23)12-6-8-13(20)9-7-12/h6-9,11,15H,4-5,10H2,1-3H3/t15-/m1/s1. The fourth-order valence-electron chi connectivity index (χ4n) is 2.86. The summed E-state index contributed by atoms with van der Waals surface area (Å²) in [6.45, 7) is 6.11. The minimum absolute atomic E-state index is 0.176. The number of hydrogen-bond donors (Lipinski definition) is 0. The number of carbonyl (C=O) groups excluding carboxylic acids is 2. The summed E-state index contributed by atoms with van der Waals surface area (Å²) in [7, 11) is 0. The van der Waals surface area contributed by atoms with Crippen molar-refractivity contribution in [3.05, 3.63) is 51.7 Å². The molecule has 0 saturated carbocycles. The van der Waals surface area contributed by atoms with Gasteiger partial charge in [0, 0.05) is 17.5 Å². The highest BCUT2D eigenvalue weighted by Crippen LogP contribution is 2.35. The summed E-state index contributed by atoms with van der Waals surface area (Å²) in [6, 6.07) is 5.21. The molecule has 5 nitrogen and oxygen atoms in total. The van der Waals surface area contributed by atoms with Gasteiger partial charge in [-0.05, 0) is 57.9 Å². The van der Waals surface area contributed by atoms with Crippen LogP contribution in [-0.4, -0.2) is 33.9 Å². The van der Waals surface area contributed by atoms with Crippen LogP contribution in [0.15, 0.2) is 29.6 Å². The smallest absolute Gasteiger partial charge is 0.410 e. The Morgan fingerprint density at radius 3 is 2.62 bits per heavy atom. The fraction of sp³-hybridized carbons (Fsp3) is 0.421. The topological polar surface area (TPSA) is 59.5 Å². The molecule has 1 aliphatic heterocycles. The lowest BCUT2D eigenvalue weighted by Gasteiger charge is -2.27. The van der Waals surface area contributed by atoms with Gasteiger partial charge in [-0.15, -0.1) is 11.3 Å². The van der Waals surface area contributed by atoms with E-state index >= 15 is 0 Å². The normalized spacial score (nSPS) is 17.4. The number of rotatable bonds is 3. The van der Waals surface area contributed by atoms with Gasteiger partial charge in [-0.2, -0.15) is 0 Å². The molecule has 0 N–H and O–H groups in total. The van der Waals surface area contributed by atoms with Gasteiger partial charge < -0.3 is 4.74 Å². The fourth-order valence-corrected chi connectivity index (χ4v) is 3.80. The first-order chi connectivity index (χ1) is 12.2. The maximum atomic E-state index is 13.0. The van der Waals surface area contributed by atoms with E-state index in [9.17, 15) is 14.0 Å². The van der Waals surface area contributed by atoms with Crippen molar-refractivity contribution in [2.45, 2.75) is 45.3 Å². The van der Waals surface area contributed by atoms with Crippen molar-refractivity contribution in [2.75, 3.05) is 6.54 Å². The largest absolute Gasteiger partial charge is 0.444 e. The predicted molar refractivity (Wildman–Crippen MR) is 96.9 cm³/mol. The van der Waals surface area contributed by atoms with Crippen LogP contribution in [0.2, 0.25) is 0 Å². The minimum atomic E-state index is -0.559. The average Bonchev–Trinajstić information content (AvgIpc) is 3.22. The van der Waals surface area contributed by atoms with Crippen LogP contribution in [-0.2, 0) is 4.74 Å². The molecule has 0 aliphatic carbocycles. The zero-order valence-corrected chi connectivity index (χ0v) is 15.8. The lowest BCUT2D eigenvalue weighted by Crippen LogP contribution is -2.36. The minimum Gasteiger partial charge on any atom is -0.444 e. The van der Waals surface area contributed by atoms with Gasteiger partial charge in [0.05, 0.1) is 6.04 Å². The molecule has 26 heavy (non-hydrogen) atoms. The van der Waals surface area contributed by atoms with Gasteiger partial charge >= 0.3 is 6.09 Å². The number of amides is 1. The zero-order valence-electron chi connectivity index (χ0n) is 15.0. The van der Waals surface area contributed by atoms with Crippen LogP contribution in [0.5, 0.6) is 0 Å². The van der Waals surface area contributed by atoms with Gasteiger partial charge in [-0.1, -0.05) is 0 Å². The van der Waals surface area contributed by atoms with Gasteiger partial charge in [-0.25, -0.2) is 14.2 Å². The van der Waals surface area contributed by atoms with Crippen molar-refractivity contribution in [3.8, 4) is 0 Å². The summed E-state index contributed by atoms with van der Waals surface area (Å²) in [4.78, 5) is 31.0. The highest BCUT2D eigenvalue weighted by atomic mass is 32.1. The molecule has 7 heteroatoms. The van der Waals surface area contributed by atoms with Crippen LogP contribution >= 0.6 is 11.3 Å². The highest BCUT2D eigenvalue weighted by Gasteiger charge is 2.35. The lowest BCUT2D eigenvalue weighted by molar-refractivity contribution is 0.0224. The zero-order chi connectivity index (χ0) is 18.9. The summed E-state index contributed by atoms with van der Waals surface area (Å²) in [5.74, 6) is -0.645. The Balaban J connectivity index is 1.77. The molecule has 1 aliphatic rings. The Bertz CT molecular complexity index is 811. The van der Waals surface area contributed by atoms with Crippen LogP contribution in [0.4, 0.5) is 9.18 Å². The third-order valence-electron chi connectivity index (χ3n) is 4.03. The van der Waals surface area contributed by atoms with E-state index in [4.69, 9.17) is 4.74 Å². The number of carbonyl (C=O) groups is 2. The highest BCUT2D eigenvalue weighted by molar-refractivity contribution is 7.10. The Morgan fingerprint density at radius 1 is 1.27 bits per heavy atom. The number of thiazole rings is 1. The summed E-state index contributed by atoms with van der Waals surface area (Å²) in [6.07, 6.45) is 1.29. The van der Waals surface area contributed by atoms with Crippen LogP contribution in [0.3, 0.4) is 0 Å². The second kappa shape index (κ2) is 7.15. The molecule has 0 spiro atoms. The van der Waals surface area contributed by atoms with E-state index in [-0.39, 0.29) is 23.7 Å². The van der Waals surface area contributed by atoms with Crippen LogP contribution in [0, 0.1) is 5.82 Å². The van der Waals surface area contributed by atoms with Gasteiger partial charge in [0.25, 0.3) is 0 Å². The molecule has 3 rings (SSSR count). The molecule has 2 aromatic rings. The molecule has 1 amide bonds. The van der Waals surface area contributed by atoms with Gasteiger partial charge in [0.1, 0.15) is 22.1 Å². The summed E-state index contributed by atoms with van der Waals surface area (Å²) in [5, 5.41) is 2.41. The number of ketones is 1. The number of nitrogens with zero attached hydrogens (tertiary/aromatic N) is 2. The van der Waals surface area contributed by atoms with Crippen LogP contribution in [0.1, 0.15) is 60.7 Å². The van der Waals surface area contributed by atoms with Gasteiger partial charge in [-0.3, -0.25) is 9.69 Å². The second-order valence-corrected chi connectivity index (χ2v) is 8.13. The maximum Gasteiger partial charge on any atom is 0.410 e. The molecular weight excluding hydrogens is 355 g/mol. The van der Waals surface area contributed by atoms with Gasteiger partial charge in [0.2, 0.25) is 5.78 Å². The van der Waals surface area contributed by atoms with Crippen LogP contribution in [0.25, 0.3) is 0 Å². The Kier molecular flexibility index (Phi) is 5.09. The molecule has 0 unspecified atom stereocenters. The van der Waals surface area contributed by atoms with E-state index in [0.29, 0.717) is 17.8 Å². The number of hydrogen-bond acceptors (Lipinski definition) is 5. The van der Waals surface area contributed by atoms with Crippen molar-refractivity contribution in [2.24, 2.45) is 0 Å². The SMILES string of the molecule is CC(C)(C)OC(=O)N1CCC[C@@H]1c1nc(C(=O)c2ccc(F)cc2)cs1. The first kappa shape index (κ1) is 18.5. The number of likely N-dealkylation sites (tertiary alicyclic amines) is 1. The van der Waals surface area contributed by atoms with Crippen molar-refractivity contribution >= 4 is 23.2 Å². The number of benzene rings is 1. The van der Waals surface area contributed by atoms with Crippen molar-refractivity contribution in [1.82, 2.24) is 9.88 Å². The lowest BCUT2D eigenvalue weighted by atomic mass is 10.1. The first-order valence-electron chi connectivity index (χ1n) is 8.50. The van der Waals surface area contributed by atoms with Crippen molar-refractivity contribution in [1.29, 1.82) is 0 Å². The molecule has 138 valence electrons. The van der Waals surface area contributed by atoms with E-state index < -0.39 is 5.60 Å². The van der Waals surface area contributed by atoms with E-state index in [1.807, 2.05) is 20.8 Å². The summed E-state index contributed by atoms with van der Waals surface area (Å²) >= 11 is 1.36. The molecule has 1 saturated heterocycles. The van der Waals surface area contributed by atoms with E-state index in [0.717, 1.165) is 17.8 Å². The summed E-state index contributed by atoms with van der Waals surface area (Å²) < 4.78 is 18.5. The predicted octanol–water partition coefficient (Wildman–Crippen LogP) is 4.59. The number of aromatic nitrogens is 1. The second-order valence-electron chi connectivity index (χ2n) is 7.24. The molecular formula is C19H21FN2O3S. The quantitative estimate of drug-likeness (QED) is 0.736. The number of halogens is 1. The monoisotopic (exact) mass is 376 g/mol. The summed E-state index contributed by atoms with van der Waals surface area (Å²) in [5.41, 5.74) is 0.142.